The molecule has 3 N–H and O–H groups in total. The Morgan fingerprint density at radius 2 is 2.07 bits per heavy atom. The molecule has 0 radical (unpaired) electrons. The maximum Gasteiger partial charge on any atom is 0.255 e. The zero-order valence-electron chi connectivity index (χ0n) is 15.9. The fraction of sp³-hybridized carbons (Fsp3) is 0.200. The molecular weight excluding hydrogens is 377 g/mol. The number of carbonyl (C=O) groups excluding carboxylic acids is 1. The predicted octanol–water partition coefficient (Wildman–Crippen LogP) is 2.54. The number of halogens is 1. The van der Waals surface area contributed by atoms with Crippen LogP contribution in [-0.4, -0.2) is 45.7 Å². The number of ether oxygens (including phenoxy) is 1. The number of benzene rings is 1. The molecule has 1 aromatic carbocycles. The number of methoxy groups -OCH3 is 1. The molecule has 9 heteroatoms. The number of nitrogens with zero attached hydrogens (tertiary/aromatic N) is 3. The van der Waals surface area contributed by atoms with Gasteiger partial charge in [-0.15, -0.1) is 0 Å². The van der Waals surface area contributed by atoms with Gasteiger partial charge in [-0.1, -0.05) is 12.1 Å². The highest BCUT2D eigenvalue weighted by atomic mass is 19.1. The molecule has 0 spiro atoms. The van der Waals surface area contributed by atoms with E-state index in [0.29, 0.717) is 11.4 Å². The number of hydrogen-bond donors (Lipinski definition) is 3. The molecule has 1 unspecified atom stereocenters. The second kappa shape index (κ2) is 9.07. The van der Waals surface area contributed by atoms with Crippen LogP contribution >= 0.6 is 0 Å². The fourth-order valence-corrected chi connectivity index (χ4v) is 2.53. The van der Waals surface area contributed by atoms with Gasteiger partial charge in [0, 0.05) is 18.9 Å². The molecule has 1 atom stereocenters. The van der Waals surface area contributed by atoms with Crippen LogP contribution in [0.3, 0.4) is 0 Å². The van der Waals surface area contributed by atoms with Crippen molar-refractivity contribution < 1.29 is 19.0 Å². The highest BCUT2D eigenvalue weighted by molar-refractivity contribution is 6.00. The summed E-state index contributed by atoms with van der Waals surface area (Å²) in [5, 5.41) is 15.0. The van der Waals surface area contributed by atoms with Crippen molar-refractivity contribution >= 4 is 17.4 Å². The predicted molar refractivity (Wildman–Crippen MR) is 106 cm³/mol. The number of amides is 1. The quantitative estimate of drug-likeness (QED) is 0.562. The minimum atomic E-state index is -0.683. The highest BCUT2D eigenvalue weighted by Gasteiger charge is 2.16. The summed E-state index contributed by atoms with van der Waals surface area (Å²) in [6.07, 6.45) is 3.65. The number of rotatable bonds is 7. The number of aliphatic hydroxyl groups is 1. The van der Waals surface area contributed by atoms with E-state index in [1.165, 1.54) is 31.8 Å². The molecule has 0 saturated heterocycles. The molecule has 0 aliphatic rings. The van der Waals surface area contributed by atoms with E-state index in [9.17, 15) is 14.3 Å². The Labute approximate surface area is 166 Å². The van der Waals surface area contributed by atoms with Crippen LogP contribution in [0.1, 0.15) is 17.3 Å². The van der Waals surface area contributed by atoms with Gasteiger partial charge >= 0.3 is 0 Å². The van der Waals surface area contributed by atoms with Gasteiger partial charge < -0.3 is 20.5 Å². The van der Waals surface area contributed by atoms with Crippen molar-refractivity contribution in [2.75, 3.05) is 19.0 Å². The van der Waals surface area contributed by atoms with E-state index in [-0.39, 0.29) is 29.3 Å². The number of nitrogens with one attached hydrogen (secondary N) is 2. The van der Waals surface area contributed by atoms with Crippen molar-refractivity contribution in [1.29, 1.82) is 0 Å². The normalized spacial score (nSPS) is 11.6. The third kappa shape index (κ3) is 4.82. The van der Waals surface area contributed by atoms with Crippen LogP contribution in [0.25, 0.3) is 11.4 Å². The van der Waals surface area contributed by atoms with Gasteiger partial charge in [0.2, 0.25) is 0 Å². The van der Waals surface area contributed by atoms with E-state index < -0.39 is 17.8 Å². The summed E-state index contributed by atoms with van der Waals surface area (Å²) < 4.78 is 19.4. The van der Waals surface area contributed by atoms with Crippen molar-refractivity contribution in [3.05, 3.63) is 60.3 Å². The number of aromatic nitrogens is 3. The first kappa shape index (κ1) is 20.2. The third-order valence-corrected chi connectivity index (χ3v) is 3.97. The maximum absolute atomic E-state index is 14.1. The Morgan fingerprint density at radius 3 is 2.79 bits per heavy atom. The van der Waals surface area contributed by atoms with Gasteiger partial charge in [0.25, 0.3) is 5.91 Å². The Morgan fingerprint density at radius 1 is 1.28 bits per heavy atom. The molecule has 3 rings (SSSR count). The summed E-state index contributed by atoms with van der Waals surface area (Å²) in [7, 11) is 1.45. The topological polar surface area (TPSA) is 109 Å². The molecule has 0 fully saturated rings. The summed E-state index contributed by atoms with van der Waals surface area (Å²) >= 11 is 0. The lowest BCUT2D eigenvalue weighted by atomic mass is 10.2. The molecule has 29 heavy (non-hydrogen) atoms. The molecular formula is C20H20FN5O3. The van der Waals surface area contributed by atoms with Gasteiger partial charge in [0.1, 0.15) is 5.82 Å². The average Bonchev–Trinajstić information content (AvgIpc) is 2.72. The first-order valence-electron chi connectivity index (χ1n) is 8.82. The van der Waals surface area contributed by atoms with Gasteiger partial charge in [-0.3, -0.25) is 9.78 Å². The Hall–Kier alpha value is -3.59. The van der Waals surface area contributed by atoms with Crippen LogP contribution in [0.15, 0.2) is 48.9 Å². The number of aliphatic hydroxyl groups excluding tert-OH is 1. The fourth-order valence-electron chi connectivity index (χ4n) is 2.53. The minimum Gasteiger partial charge on any atom is -0.491 e. The molecule has 3 aromatic rings. The average molecular weight is 397 g/mol. The molecule has 0 bridgehead atoms. The third-order valence-electron chi connectivity index (χ3n) is 3.97. The second-order valence-electron chi connectivity index (χ2n) is 6.20. The van der Waals surface area contributed by atoms with E-state index in [0.717, 1.165) is 0 Å². The largest absolute Gasteiger partial charge is 0.491 e. The molecule has 8 nitrogen and oxygen atoms in total. The summed E-state index contributed by atoms with van der Waals surface area (Å²) in [6.45, 7) is 1.67. The molecule has 0 aliphatic heterocycles. The lowest BCUT2D eigenvalue weighted by Gasteiger charge is -2.14. The molecule has 1 amide bonds. The molecule has 150 valence electrons. The van der Waals surface area contributed by atoms with E-state index in [4.69, 9.17) is 4.74 Å². The SMILES string of the molecule is COc1cnc(-c2ccccc2F)nc1Nc1ccncc1C(=O)NCC(C)O. The van der Waals surface area contributed by atoms with Crippen LogP contribution in [0.5, 0.6) is 5.75 Å². The Bertz CT molecular complexity index is 1010. The maximum atomic E-state index is 14.1. The number of carbonyl (C=O) groups is 1. The molecule has 2 aromatic heterocycles. The number of pyridine rings is 1. The van der Waals surface area contributed by atoms with Crippen molar-refractivity contribution in [3.8, 4) is 17.1 Å². The lowest BCUT2D eigenvalue weighted by molar-refractivity contribution is 0.0924. The van der Waals surface area contributed by atoms with Crippen molar-refractivity contribution in [2.24, 2.45) is 0 Å². The molecule has 0 saturated carbocycles. The zero-order valence-corrected chi connectivity index (χ0v) is 15.9. The standard InChI is InChI=1S/C20H20FN5O3/c1-12(27)9-24-20(28)14-10-22-8-7-16(14)25-19-17(29-2)11-23-18(26-19)13-5-3-4-6-15(13)21/h3-8,10-12,27H,9H2,1-2H3,(H,24,28)(H,22,23,25,26). The summed E-state index contributed by atoms with van der Waals surface area (Å²) in [4.78, 5) is 24.9. The lowest BCUT2D eigenvalue weighted by Crippen LogP contribution is -2.31. The van der Waals surface area contributed by atoms with Crippen LogP contribution in [0.2, 0.25) is 0 Å². The molecule has 0 aliphatic carbocycles. The summed E-state index contributed by atoms with van der Waals surface area (Å²) in [5.74, 6) is -0.121. The van der Waals surface area contributed by atoms with Gasteiger partial charge in [0.05, 0.1) is 36.2 Å². The van der Waals surface area contributed by atoms with E-state index in [1.54, 1.807) is 31.2 Å². The van der Waals surface area contributed by atoms with Crippen molar-refractivity contribution in [3.63, 3.8) is 0 Å². The van der Waals surface area contributed by atoms with E-state index >= 15 is 0 Å². The second-order valence-corrected chi connectivity index (χ2v) is 6.20. The number of anilines is 2. The first-order chi connectivity index (χ1) is 14.0. The van der Waals surface area contributed by atoms with E-state index in [1.807, 2.05) is 0 Å². The summed E-state index contributed by atoms with van der Waals surface area (Å²) in [5.41, 5.74) is 0.906. The van der Waals surface area contributed by atoms with Gasteiger partial charge in [0.15, 0.2) is 17.4 Å². The van der Waals surface area contributed by atoms with E-state index in [2.05, 4.69) is 25.6 Å². The Balaban J connectivity index is 1.95. The van der Waals surface area contributed by atoms with Crippen molar-refractivity contribution in [2.45, 2.75) is 13.0 Å². The molecule has 2 heterocycles. The Kier molecular flexibility index (Phi) is 6.30. The zero-order chi connectivity index (χ0) is 20.8. The van der Waals surface area contributed by atoms with Gasteiger partial charge in [-0.2, -0.15) is 0 Å². The van der Waals surface area contributed by atoms with Gasteiger partial charge in [-0.25, -0.2) is 14.4 Å². The first-order valence-corrected chi connectivity index (χ1v) is 8.82. The number of hydrogen-bond acceptors (Lipinski definition) is 7. The van der Waals surface area contributed by atoms with Crippen molar-refractivity contribution in [1.82, 2.24) is 20.3 Å². The minimum absolute atomic E-state index is 0.0986. The smallest absolute Gasteiger partial charge is 0.255 e. The van der Waals surface area contributed by atoms with Crippen LogP contribution < -0.4 is 15.4 Å². The van der Waals surface area contributed by atoms with Crippen LogP contribution in [0, 0.1) is 5.82 Å². The van der Waals surface area contributed by atoms with Gasteiger partial charge in [-0.05, 0) is 25.1 Å². The van der Waals surface area contributed by atoms with Crippen LogP contribution in [-0.2, 0) is 0 Å². The monoisotopic (exact) mass is 397 g/mol. The summed E-state index contributed by atoms with van der Waals surface area (Å²) in [6, 6.07) is 7.76. The highest BCUT2D eigenvalue weighted by Crippen LogP contribution is 2.29. The van der Waals surface area contributed by atoms with Crippen LogP contribution in [0.4, 0.5) is 15.9 Å².